The molecule has 15 heteroatoms. The number of rotatable bonds is 12. The molecule has 3 aromatic carbocycles. The number of amidine groups is 1. The van der Waals surface area contributed by atoms with Gasteiger partial charge in [0, 0.05) is 47.3 Å². The fraction of sp³-hybridized carbons (Fsp3) is 0.250. The third-order valence-electron chi connectivity index (χ3n) is 6.96. The van der Waals surface area contributed by atoms with Crippen LogP contribution in [0.4, 0.5) is 15.3 Å². The van der Waals surface area contributed by atoms with Crippen LogP contribution in [-0.4, -0.2) is 64.6 Å². The minimum Gasteiger partial charge on any atom is -0.444 e. The maximum Gasteiger partial charge on any atom is 0.435 e. The predicted molar refractivity (Wildman–Crippen MR) is 192 cm³/mol. The topological polar surface area (TPSA) is 187 Å². The van der Waals surface area contributed by atoms with E-state index in [1.165, 1.54) is 41.2 Å². The van der Waals surface area contributed by atoms with Crippen LogP contribution < -0.4 is 26.8 Å². The Morgan fingerprint density at radius 1 is 1.00 bits per heavy atom. The zero-order valence-electron chi connectivity index (χ0n) is 28.3. The van der Waals surface area contributed by atoms with E-state index in [0.29, 0.717) is 28.4 Å². The van der Waals surface area contributed by atoms with E-state index in [0.717, 1.165) is 11.8 Å². The number of nitrogens with one attached hydrogen (secondary N) is 2. The molecule has 0 atom stereocenters. The highest BCUT2D eigenvalue weighted by Gasteiger charge is 2.19. The van der Waals surface area contributed by atoms with Gasteiger partial charge < -0.3 is 25.4 Å². The molecule has 0 saturated heterocycles. The lowest BCUT2D eigenvalue weighted by Crippen LogP contribution is -2.41. The Bertz CT molecular complexity index is 1940. The van der Waals surface area contributed by atoms with Gasteiger partial charge in [-0.3, -0.25) is 29.3 Å². The van der Waals surface area contributed by atoms with Crippen LogP contribution in [0.5, 0.6) is 0 Å². The first-order valence-electron chi connectivity index (χ1n) is 15.8. The van der Waals surface area contributed by atoms with Gasteiger partial charge in [0.15, 0.2) is 0 Å². The van der Waals surface area contributed by atoms with Crippen LogP contribution in [0.15, 0.2) is 101 Å². The number of benzene rings is 3. The Balaban J connectivity index is 1.42. The molecular formula is C36H38ClN7O7. The van der Waals surface area contributed by atoms with Crippen molar-refractivity contribution in [2.45, 2.75) is 39.4 Å². The molecule has 4 rings (SSSR count). The molecule has 0 bridgehead atoms. The van der Waals surface area contributed by atoms with Gasteiger partial charge in [-0.25, -0.2) is 9.59 Å². The molecule has 0 aliphatic carbocycles. The van der Waals surface area contributed by atoms with Gasteiger partial charge in [-0.05, 0) is 63.1 Å². The minimum absolute atomic E-state index is 0.0350. The second kappa shape index (κ2) is 17.6. The SMILES string of the molecule is CC(C)(C)OC(=O)NCCCN(CC(=O)NC(=O)c1ccc(C(N)=NC(=O)OCc2ccccc2)cc1)c1cc(Cl)cc(-n2ccncc2=O)c1. The van der Waals surface area contributed by atoms with Crippen LogP contribution in [0.2, 0.25) is 5.02 Å². The summed E-state index contributed by atoms with van der Waals surface area (Å²) in [6.45, 7) is 5.51. The van der Waals surface area contributed by atoms with Crippen molar-refractivity contribution in [2.75, 3.05) is 24.5 Å². The molecule has 0 aliphatic rings. The summed E-state index contributed by atoms with van der Waals surface area (Å²) in [6, 6.07) is 19.8. The summed E-state index contributed by atoms with van der Waals surface area (Å²) in [5.41, 5.74) is 7.16. The Kier molecular flexibility index (Phi) is 13.0. The summed E-state index contributed by atoms with van der Waals surface area (Å²) < 4.78 is 11.8. The summed E-state index contributed by atoms with van der Waals surface area (Å²) in [5, 5.41) is 5.35. The van der Waals surface area contributed by atoms with Crippen LogP contribution in [0, 0.1) is 0 Å². The first-order valence-corrected chi connectivity index (χ1v) is 16.2. The highest BCUT2D eigenvalue weighted by molar-refractivity contribution is 6.31. The number of carbonyl (C=O) groups is 4. The van der Waals surface area contributed by atoms with Crippen molar-refractivity contribution in [3.8, 4) is 5.69 Å². The van der Waals surface area contributed by atoms with E-state index < -0.39 is 29.6 Å². The van der Waals surface area contributed by atoms with Crippen LogP contribution in [0.1, 0.15) is 48.7 Å². The van der Waals surface area contributed by atoms with Crippen molar-refractivity contribution in [3.05, 3.63) is 123 Å². The van der Waals surface area contributed by atoms with Gasteiger partial charge in [0.25, 0.3) is 11.5 Å². The number of hydrogen-bond donors (Lipinski definition) is 3. The summed E-state index contributed by atoms with van der Waals surface area (Å²) >= 11 is 6.44. The molecule has 0 fully saturated rings. The van der Waals surface area contributed by atoms with E-state index in [9.17, 15) is 24.0 Å². The average Bonchev–Trinajstić information content (AvgIpc) is 3.08. The normalized spacial score (nSPS) is 11.3. The van der Waals surface area contributed by atoms with Crippen LogP contribution in [-0.2, 0) is 20.9 Å². The standard InChI is InChI=1S/C36H38ClN7O7/c1-36(2,3)51-34(48)40-14-7-16-43(28-18-27(37)19-29(20-28)44-17-15-39-21-31(44)46)22-30(45)41-33(47)26-12-10-25(11-13-26)32(38)42-35(49)50-23-24-8-5-4-6-9-24/h4-6,8-13,15,17-21H,7,14,16,22-23H2,1-3H3,(H,40,48)(H2,38,42,49)(H,41,45,47). The van der Waals surface area contributed by atoms with Crippen molar-refractivity contribution in [1.29, 1.82) is 0 Å². The second-order valence-corrected chi connectivity index (χ2v) is 12.6. The predicted octanol–water partition coefficient (Wildman–Crippen LogP) is 4.61. The number of aliphatic imine (C=N–C) groups is 1. The number of alkyl carbamates (subject to hydrolysis) is 1. The largest absolute Gasteiger partial charge is 0.444 e. The Labute approximate surface area is 299 Å². The number of carbonyl (C=O) groups excluding carboxylic acids is 4. The fourth-order valence-electron chi connectivity index (χ4n) is 4.63. The Morgan fingerprint density at radius 3 is 2.39 bits per heavy atom. The van der Waals surface area contributed by atoms with Crippen molar-refractivity contribution in [1.82, 2.24) is 20.2 Å². The van der Waals surface area contributed by atoms with Crippen molar-refractivity contribution in [3.63, 3.8) is 0 Å². The van der Waals surface area contributed by atoms with Gasteiger partial charge >= 0.3 is 12.2 Å². The molecule has 4 amide bonds. The number of ether oxygens (including phenoxy) is 2. The summed E-state index contributed by atoms with van der Waals surface area (Å²) in [6.07, 6.45) is 3.04. The minimum atomic E-state index is -0.867. The molecule has 266 valence electrons. The third-order valence-corrected chi connectivity index (χ3v) is 7.17. The average molecular weight is 716 g/mol. The number of amides is 4. The summed E-state index contributed by atoms with van der Waals surface area (Å²) in [4.78, 5) is 72.2. The number of halogens is 1. The van der Waals surface area contributed by atoms with Gasteiger partial charge in [0.2, 0.25) is 5.91 Å². The molecule has 1 heterocycles. The highest BCUT2D eigenvalue weighted by atomic mass is 35.5. The molecule has 0 radical (unpaired) electrons. The van der Waals surface area contributed by atoms with E-state index in [-0.39, 0.29) is 43.2 Å². The van der Waals surface area contributed by atoms with Crippen LogP contribution >= 0.6 is 11.6 Å². The third kappa shape index (κ3) is 12.1. The van der Waals surface area contributed by atoms with Crippen LogP contribution in [0.3, 0.4) is 0 Å². The van der Waals surface area contributed by atoms with E-state index in [1.54, 1.807) is 56.0 Å². The van der Waals surface area contributed by atoms with E-state index in [1.807, 2.05) is 18.2 Å². The molecule has 4 aromatic rings. The number of anilines is 1. The lowest BCUT2D eigenvalue weighted by atomic mass is 10.1. The maximum atomic E-state index is 13.2. The monoisotopic (exact) mass is 715 g/mol. The molecule has 14 nitrogen and oxygen atoms in total. The first kappa shape index (κ1) is 37.8. The van der Waals surface area contributed by atoms with E-state index in [2.05, 4.69) is 20.6 Å². The zero-order chi connectivity index (χ0) is 37.0. The lowest BCUT2D eigenvalue weighted by molar-refractivity contribution is -0.118. The smallest absolute Gasteiger partial charge is 0.435 e. The van der Waals surface area contributed by atoms with Gasteiger partial charge in [0.1, 0.15) is 18.0 Å². The van der Waals surface area contributed by atoms with Crippen molar-refractivity contribution >= 4 is 47.1 Å². The summed E-state index contributed by atoms with van der Waals surface area (Å²) in [5.74, 6) is -1.41. The molecule has 0 spiro atoms. The first-order chi connectivity index (χ1) is 24.3. The summed E-state index contributed by atoms with van der Waals surface area (Å²) in [7, 11) is 0. The number of imide groups is 1. The molecule has 4 N–H and O–H groups in total. The second-order valence-electron chi connectivity index (χ2n) is 12.1. The van der Waals surface area contributed by atoms with Crippen molar-refractivity contribution < 1.29 is 28.7 Å². The van der Waals surface area contributed by atoms with Gasteiger partial charge in [-0.15, -0.1) is 0 Å². The molecule has 0 aliphatic heterocycles. The Morgan fingerprint density at radius 2 is 1.71 bits per heavy atom. The molecule has 51 heavy (non-hydrogen) atoms. The number of nitrogens with zero attached hydrogens (tertiary/aromatic N) is 4. The van der Waals surface area contributed by atoms with Gasteiger partial charge in [-0.1, -0.05) is 54.1 Å². The quantitative estimate of drug-likeness (QED) is 0.106. The fourth-order valence-corrected chi connectivity index (χ4v) is 4.86. The lowest BCUT2D eigenvalue weighted by Gasteiger charge is -2.25. The molecule has 1 aromatic heterocycles. The number of nitrogens with two attached hydrogens (primary N) is 1. The molecule has 0 saturated carbocycles. The van der Waals surface area contributed by atoms with Crippen LogP contribution in [0.25, 0.3) is 5.69 Å². The zero-order valence-corrected chi connectivity index (χ0v) is 29.1. The number of hydrogen-bond acceptors (Lipinski definition) is 9. The maximum absolute atomic E-state index is 13.2. The molecule has 0 unspecified atom stereocenters. The van der Waals surface area contributed by atoms with Gasteiger partial charge in [-0.2, -0.15) is 4.99 Å². The van der Waals surface area contributed by atoms with E-state index >= 15 is 0 Å². The highest BCUT2D eigenvalue weighted by Crippen LogP contribution is 2.24. The van der Waals surface area contributed by atoms with Gasteiger partial charge in [0.05, 0.1) is 18.4 Å². The van der Waals surface area contributed by atoms with Crippen molar-refractivity contribution in [2.24, 2.45) is 10.7 Å². The van der Waals surface area contributed by atoms with E-state index in [4.69, 9.17) is 26.8 Å². The Hall–Kier alpha value is -6.02. The molecular weight excluding hydrogens is 678 g/mol. The number of aromatic nitrogens is 2.